The Labute approximate surface area is 119 Å². The van der Waals surface area contributed by atoms with Crippen LogP contribution in [-0.2, 0) is 14.3 Å². The van der Waals surface area contributed by atoms with Crippen LogP contribution in [0, 0.1) is 17.8 Å². The van der Waals surface area contributed by atoms with Gasteiger partial charge in [0.25, 0.3) is 0 Å². The molecule has 5 atom stereocenters. The highest BCUT2D eigenvalue weighted by Gasteiger charge is 2.49. The summed E-state index contributed by atoms with van der Waals surface area (Å²) in [6.45, 7) is 2.60. The van der Waals surface area contributed by atoms with Gasteiger partial charge in [0, 0.05) is 19.7 Å². The topological polar surface area (TPSA) is 93.5 Å². The number of methoxy groups -OCH3 is 1. The van der Waals surface area contributed by atoms with Crippen LogP contribution in [0.2, 0.25) is 0 Å². The smallest absolute Gasteiger partial charge is 0.242 e. The second-order valence-electron chi connectivity index (χ2n) is 5.95. The maximum absolute atomic E-state index is 12.3. The summed E-state index contributed by atoms with van der Waals surface area (Å²) in [7, 11) is 1.58. The van der Waals surface area contributed by atoms with Crippen molar-refractivity contribution in [2.45, 2.75) is 38.3 Å². The van der Waals surface area contributed by atoms with Crippen molar-refractivity contribution in [2.24, 2.45) is 23.5 Å². The van der Waals surface area contributed by atoms with E-state index in [4.69, 9.17) is 10.5 Å². The molecule has 0 aromatic carbocycles. The van der Waals surface area contributed by atoms with Gasteiger partial charge in [-0.3, -0.25) is 9.59 Å². The zero-order valence-corrected chi connectivity index (χ0v) is 12.2. The number of amides is 2. The van der Waals surface area contributed by atoms with Gasteiger partial charge in [-0.2, -0.15) is 0 Å². The molecule has 5 unspecified atom stereocenters. The predicted octanol–water partition coefficient (Wildman–Crippen LogP) is -0.373. The Bertz CT molecular complexity index is 373. The second-order valence-corrected chi connectivity index (χ2v) is 5.95. The predicted molar refractivity (Wildman–Crippen MR) is 74.8 cm³/mol. The Morgan fingerprint density at radius 3 is 2.65 bits per heavy atom. The lowest BCUT2D eigenvalue weighted by Gasteiger charge is -2.28. The number of hydrogen-bond donors (Lipinski definition) is 3. The summed E-state index contributed by atoms with van der Waals surface area (Å²) in [6.07, 6.45) is 3.29. The number of ether oxygens (including phenoxy) is 1. The first-order valence-corrected chi connectivity index (χ1v) is 7.37. The molecule has 6 nitrogen and oxygen atoms in total. The molecule has 2 saturated carbocycles. The minimum absolute atomic E-state index is 0.0440. The standard InChI is InChI=1S/C14H25N3O3/c1-8(13(18)16-5-6-20-2)17-14(19)11-9-3-4-10(7-9)12(11)15/h8-12H,3-7,15H2,1-2H3,(H,16,18)(H,17,19). The number of hydrogen-bond acceptors (Lipinski definition) is 4. The van der Waals surface area contributed by atoms with Crippen LogP contribution in [0.1, 0.15) is 26.2 Å². The van der Waals surface area contributed by atoms with Crippen molar-refractivity contribution in [1.82, 2.24) is 10.6 Å². The monoisotopic (exact) mass is 283 g/mol. The van der Waals surface area contributed by atoms with E-state index in [-0.39, 0.29) is 23.8 Å². The Hall–Kier alpha value is -1.14. The average molecular weight is 283 g/mol. The molecule has 2 aliphatic carbocycles. The molecule has 0 aromatic rings. The van der Waals surface area contributed by atoms with Crippen molar-refractivity contribution in [3.8, 4) is 0 Å². The van der Waals surface area contributed by atoms with Gasteiger partial charge in [-0.15, -0.1) is 0 Å². The molecule has 0 aromatic heterocycles. The lowest BCUT2D eigenvalue weighted by molar-refractivity contribution is -0.132. The summed E-state index contributed by atoms with van der Waals surface area (Å²) in [6, 6.07) is -0.580. The SMILES string of the molecule is COCCNC(=O)C(C)NC(=O)C1C2CCC(C2)C1N. The first-order chi connectivity index (χ1) is 9.54. The van der Waals surface area contributed by atoms with Crippen LogP contribution in [0.15, 0.2) is 0 Å². The van der Waals surface area contributed by atoms with Crippen molar-refractivity contribution < 1.29 is 14.3 Å². The van der Waals surface area contributed by atoms with Gasteiger partial charge in [0.15, 0.2) is 0 Å². The third-order valence-electron chi connectivity index (χ3n) is 4.64. The molecule has 0 saturated heterocycles. The van der Waals surface area contributed by atoms with E-state index in [0.29, 0.717) is 25.0 Å². The Morgan fingerprint density at radius 1 is 1.35 bits per heavy atom. The van der Waals surface area contributed by atoms with Gasteiger partial charge >= 0.3 is 0 Å². The fraction of sp³-hybridized carbons (Fsp3) is 0.857. The van der Waals surface area contributed by atoms with Crippen LogP contribution in [0.25, 0.3) is 0 Å². The molecule has 2 bridgehead atoms. The van der Waals surface area contributed by atoms with E-state index in [0.717, 1.165) is 19.3 Å². The lowest BCUT2D eigenvalue weighted by atomic mass is 9.84. The summed E-state index contributed by atoms with van der Waals surface area (Å²) in [5.74, 6) is 0.509. The van der Waals surface area contributed by atoms with Crippen molar-refractivity contribution in [3.63, 3.8) is 0 Å². The molecule has 0 spiro atoms. The fourth-order valence-corrected chi connectivity index (χ4v) is 3.53. The van der Waals surface area contributed by atoms with Crippen LogP contribution < -0.4 is 16.4 Å². The highest BCUT2D eigenvalue weighted by molar-refractivity contribution is 5.88. The quantitative estimate of drug-likeness (QED) is 0.580. The lowest BCUT2D eigenvalue weighted by Crippen LogP contribution is -2.51. The van der Waals surface area contributed by atoms with Gasteiger partial charge in [0.2, 0.25) is 11.8 Å². The first kappa shape index (κ1) is 15.3. The number of nitrogens with one attached hydrogen (secondary N) is 2. The average Bonchev–Trinajstić information content (AvgIpc) is 2.99. The van der Waals surface area contributed by atoms with Crippen molar-refractivity contribution >= 4 is 11.8 Å². The van der Waals surface area contributed by atoms with Crippen molar-refractivity contribution in [2.75, 3.05) is 20.3 Å². The van der Waals surface area contributed by atoms with E-state index in [1.165, 1.54) is 0 Å². The molecule has 6 heteroatoms. The summed E-state index contributed by atoms with van der Waals surface area (Å²) >= 11 is 0. The maximum atomic E-state index is 12.3. The Morgan fingerprint density at radius 2 is 2.05 bits per heavy atom. The van der Waals surface area contributed by atoms with Gasteiger partial charge in [-0.25, -0.2) is 0 Å². The minimum atomic E-state index is -0.536. The molecule has 2 amide bonds. The molecule has 0 radical (unpaired) electrons. The van der Waals surface area contributed by atoms with Gasteiger partial charge in [-0.05, 0) is 38.0 Å². The second kappa shape index (κ2) is 6.54. The largest absolute Gasteiger partial charge is 0.383 e. The van der Waals surface area contributed by atoms with Gasteiger partial charge in [0.1, 0.15) is 6.04 Å². The van der Waals surface area contributed by atoms with Gasteiger partial charge < -0.3 is 21.1 Å². The van der Waals surface area contributed by atoms with E-state index in [1.807, 2.05) is 0 Å². The minimum Gasteiger partial charge on any atom is -0.383 e. The summed E-state index contributed by atoms with van der Waals surface area (Å²) in [5, 5.41) is 5.51. The number of carbonyl (C=O) groups excluding carboxylic acids is 2. The van der Waals surface area contributed by atoms with Crippen LogP contribution in [0.4, 0.5) is 0 Å². The third kappa shape index (κ3) is 3.12. The molecule has 2 aliphatic rings. The van der Waals surface area contributed by atoms with Crippen molar-refractivity contribution in [3.05, 3.63) is 0 Å². The molecule has 20 heavy (non-hydrogen) atoms. The number of carbonyl (C=O) groups is 2. The Balaban J connectivity index is 1.80. The molecule has 2 rings (SSSR count). The summed E-state index contributed by atoms with van der Waals surface area (Å²) < 4.78 is 4.86. The normalized spacial score (nSPS) is 33.0. The van der Waals surface area contributed by atoms with Crippen LogP contribution in [0.3, 0.4) is 0 Å². The highest BCUT2D eigenvalue weighted by Crippen LogP contribution is 2.47. The molecule has 0 heterocycles. The molecule has 114 valence electrons. The van der Waals surface area contributed by atoms with Crippen molar-refractivity contribution in [1.29, 1.82) is 0 Å². The number of rotatable bonds is 6. The Kier molecular flexibility index (Phi) is 4.99. The van der Waals surface area contributed by atoms with Crippen LogP contribution in [0.5, 0.6) is 0 Å². The summed E-state index contributed by atoms with van der Waals surface area (Å²) in [5.41, 5.74) is 6.14. The maximum Gasteiger partial charge on any atom is 0.242 e. The van der Waals surface area contributed by atoms with Crippen LogP contribution >= 0.6 is 0 Å². The molecule has 4 N–H and O–H groups in total. The van der Waals surface area contributed by atoms with E-state index >= 15 is 0 Å². The van der Waals surface area contributed by atoms with Crippen LogP contribution in [-0.4, -0.2) is 44.2 Å². The van der Waals surface area contributed by atoms with E-state index < -0.39 is 6.04 Å². The third-order valence-corrected chi connectivity index (χ3v) is 4.64. The molecular weight excluding hydrogens is 258 g/mol. The first-order valence-electron chi connectivity index (χ1n) is 7.37. The molecule has 2 fully saturated rings. The van der Waals surface area contributed by atoms with E-state index in [1.54, 1.807) is 14.0 Å². The molecular formula is C14H25N3O3. The number of fused-ring (bicyclic) bond motifs is 2. The zero-order chi connectivity index (χ0) is 14.7. The zero-order valence-electron chi connectivity index (χ0n) is 12.2. The molecule has 0 aliphatic heterocycles. The van der Waals surface area contributed by atoms with E-state index in [2.05, 4.69) is 10.6 Å². The summed E-state index contributed by atoms with van der Waals surface area (Å²) in [4.78, 5) is 24.1. The number of nitrogens with two attached hydrogens (primary N) is 1. The van der Waals surface area contributed by atoms with Gasteiger partial charge in [0.05, 0.1) is 12.5 Å². The highest BCUT2D eigenvalue weighted by atomic mass is 16.5. The van der Waals surface area contributed by atoms with Gasteiger partial charge in [-0.1, -0.05) is 0 Å². The van der Waals surface area contributed by atoms with E-state index in [9.17, 15) is 9.59 Å². The fourth-order valence-electron chi connectivity index (χ4n) is 3.53.